The predicted molar refractivity (Wildman–Crippen MR) is 68.2 cm³/mol. The Morgan fingerprint density at radius 1 is 1.00 bits per heavy atom. The van der Waals surface area contributed by atoms with Crippen LogP contribution in [0.3, 0.4) is 0 Å². The van der Waals surface area contributed by atoms with E-state index in [1.54, 1.807) is 4.90 Å². The van der Waals surface area contributed by atoms with E-state index in [1.165, 1.54) is 29.9 Å². The van der Waals surface area contributed by atoms with Crippen molar-refractivity contribution in [3.05, 3.63) is 29.8 Å². The topological polar surface area (TPSA) is 9.23 Å². The smallest absolute Gasteiger partial charge is 0.0473 e. The molecule has 15 heavy (non-hydrogen) atoms. The zero-order chi connectivity index (χ0) is 10.5. The van der Waals surface area contributed by atoms with Crippen LogP contribution in [0.1, 0.15) is 18.4 Å². The standard InChI is InChI=1S/C13H20OS/c1-12-4-6-13(7-5-12)15-10-2-8-14-9-3-11-15/h4-7,15H,2-3,8-11H2,1H3. The quantitative estimate of drug-likeness (QED) is 0.721. The van der Waals surface area contributed by atoms with Crippen LogP contribution in [0.5, 0.6) is 0 Å². The van der Waals surface area contributed by atoms with Crippen molar-refractivity contribution >= 4 is 10.9 Å². The lowest BCUT2D eigenvalue weighted by atomic mass is 10.2. The lowest BCUT2D eigenvalue weighted by molar-refractivity contribution is 0.135. The third kappa shape index (κ3) is 3.25. The van der Waals surface area contributed by atoms with E-state index in [9.17, 15) is 0 Å². The van der Waals surface area contributed by atoms with Gasteiger partial charge in [-0.1, -0.05) is 29.8 Å². The molecule has 0 amide bonds. The van der Waals surface area contributed by atoms with Crippen LogP contribution < -0.4 is 0 Å². The molecule has 0 spiro atoms. The predicted octanol–water partition coefficient (Wildman–Crippen LogP) is 3.17. The van der Waals surface area contributed by atoms with Crippen molar-refractivity contribution in [3.63, 3.8) is 0 Å². The van der Waals surface area contributed by atoms with E-state index in [2.05, 4.69) is 31.2 Å². The Hall–Kier alpha value is -0.470. The normalized spacial score (nSPS) is 20.7. The van der Waals surface area contributed by atoms with Gasteiger partial charge >= 0.3 is 0 Å². The average Bonchev–Trinajstić information content (AvgIpc) is 2.19. The summed E-state index contributed by atoms with van der Waals surface area (Å²) in [5.74, 6) is 2.69. The van der Waals surface area contributed by atoms with Crippen molar-refractivity contribution in [2.75, 3.05) is 24.7 Å². The Bertz CT molecular complexity index is 286. The lowest BCUT2D eigenvalue weighted by Gasteiger charge is -2.24. The Morgan fingerprint density at radius 2 is 1.60 bits per heavy atom. The van der Waals surface area contributed by atoms with Crippen molar-refractivity contribution in [3.8, 4) is 0 Å². The number of benzene rings is 1. The first-order valence-electron chi connectivity index (χ1n) is 5.75. The molecule has 2 rings (SSSR count). The second-order valence-electron chi connectivity index (χ2n) is 4.14. The molecule has 1 aromatic rings. The Morgan fingerprint density at radius 3 is 2.20 bits per heavy atom. The fraction of sp³-hybridized carbons (Fsp3) is 0.538. The van der Waals surface area contributed by atoms with Gasteiger partial charge in [0.15, 0.2) is 0 Å². The number of aryl methyl sites for hydroxylation is 1. The van der Waals surface area contributed by atoms with Gasteiger partial charge in [-0.3, -0.25) is 0 Å². The van der Waals surface area contributed by atoms with Crippen molar-refractivity contribution in [1.29, 1.82) is 0 Å². The van der Waals surface area contributed by atoms with Gasteiger partial charge in [0, 0.05) is 13.2 Å². The highest BCUT2D eigenvalue weighted by molar-refractivity contribution is 8.17. The van der Waals surface area contributed by atoms with Crippen LogP contribution in [-0.4, -0.2) is 24.7 Å². The van der Waals surface area contributed by atoms with Crippen LogP contribution in [0.4, 0.5) is 0 Å². The Balaban J connectivity index is 2.03. The summed E-state index contributed by atoms with van der Waals surface area (Å²) in [6.45, 7) is 4.08. The molecule has 0 aliphatic carbocycles. The molecule has 1 aliphatic rings. The van der Waals surface area contributed by atoms with Gasteiger partial charge in [-0.2, -0.15) is 0 Å². The van der Waals surface area contributed by atoms with Crippen LogP contribution in [0.15, 0.2) is 29.2 Å². The minimum atomic E-state index is 0.0971. The maximum Gasteiger partial charge on any atom is 0.0473 e. The molecule has 0 bridgehead atoms. The van der Waals surface area contributed by atoms with Gasteiger partial charge < -0.3 is 4.74 Å². The highest BCUT2D eigenvalue weighted by Crippen LogP contribution is 2.38. The number of thiol groups is 1. The number of ether oxygens (including phenoxy) is 1. The summed E-state index contributed by atoms with van der Waals surface area (Å²) in [6, 6.07) is 9.13. The molecule has 1 aliphatic heterocycles. The molecule has 0 saturated carbocycles. The molecule has 0 aromatic heterocycles. The summed E-state index contributed by atoms with van der Waals surface area (Å²) < 4.78 is 5.49. The van der Waals surface area contributed by atoms with Gasteiger partial charge in [0.25, 0.3) is 0 Å². The SMILES string of the molecule is Cc1ccc([SH]2CCCOCCC2)cc1. The van der Waals surface area contributed by atoms with E-state index >= 15 is 0 Å². The summed E-state index contributed by atoms with van der Waals surface area (Å²) in [5.41, 5.74) is 1.36. The van der Waals surface area contributed by atoms with E-state index in [4.69, 9.17) is 4.74 Å². The van der Waals surface area contributed by atoms with Crippen LogP contribution in [0.2, 0.25) is 0 Å². The maximum atomic E-state index is 5.49. The van der Waals surface area contributed by atoms with Gasteiger partial charge in [-0.05, 0) is 36.2 Å². The highest BCUT2D eigenvalue weighted by Gasteiger charge is 2.09. The Labute approximate surface area is 95.2 Å². The summed E-state index contributed by atoms with van der Waals surface area (Å²) in [4.78, 5) is 1.58. The van der Waals surface area contributed by atoms with Gasteiger partial charge in [-0.25, -0.2) is 10.9 Å². The fourth-order valence-corrected chi connectivity index (χ4v) is 4.27. The zero-order valence-corrected chi connectivity index (χ0v) is 10.3. The number of hydrogen-bond acceptors (Lipinski definition) is 1. The molecule has 1 nitrogen and oxygen atoms in total. The molecular formula is C13H20OS. The zero-order valence-electron chi connectivity index (χ0n) is 9.41. The van der Waals surface area contributed by atoms with Crippen LogP contribution in [0, 0.1) is 6.92 Å². The van der Waals surface area contributed by atoms with E-state index in [0.717, 1.165) is 13.2 Å². The monoisotopic (exact) mass is 224 g/mol. The molecule has 0 atom stereocenters. The third-order valence-corrected chi connectivity index (χ3v) is 5.57. The summed E-state index contributed by atoms with van der Waals surface area (Å²) in [5, 5.41) is 0. The van der Waals surface area contributed by atoms with E-state index in [1.807, 2.05) is 0 Å². The first-order chi connectivity index (χ1) is 7.36. The minimum absolute atomic E-state index is 0.0971. The molecule has 1 aromatic carbocycles. The molecule has 0 unspecified atom stereocenters. The first kappa shape index (κ1) is 11.0. The number of rotatable bonds is 1. The summed E-state index contributed by atoms with van der Waals surface area (Å²) >= 11 is 0. The lowest BCUT2D eigenvalue weighted by Crippen LogP contribution is -2.08. The molecule has 0 radical (unpaired) electrons. The second kappa shape index (κ2) is 5.57. The van der Waals surface area contributed by atoms with Gasteiger partial charge in [0.2, 0.25) is 0 Å². The average molecular weight is 224 g/mol. The van der Waals surface area contributed by atoms with Crippen LogP contribution in [0.25, 0.3) is 0 Å². The summed E-state index contributed by atoms with van der Waals surface area (Å²) in [6.07, 6.45) is 2.47. The third-order valence-electron chi connectivity index (χ3n) is 2.83. The van der Waals surface area contributed by atoms with Gasteiger partial charge in [0.05, 0.1) is 0 Å². The molecule has 1 saturated heterocycles. The molecule has 1 fully saturated rings. The molecule has 2 heteroatoms. The van der Waals surface area contributed by atoms with Crippen LogP contribution in [-0.2, 0) is 4.74 Å². The van der Waals surface area contributed by atoms with E-state index in [-0.39, 0.29) is 10.9 Å². The maximum absolute atomic E-state index is 5.49. The molecule has 84 valence electrons. The van der Waals surface area contributed by atoms with Crippen LogP contribution >= 0.6 is 10.9 Å². The van der Waals surface area contributed by atoms with Gasteiger partial charge in [0.1, 0.15) is 0 Å². The fourth-order valence-electron chi connectivity index (χ4n) is 1.94. The minimum Gasteiger partial charge on any atom is -0.381 e. The number of hydrogen-bond donors (Lipinski definition) is 1. The second-order valence-corrected chi connectivity index (χ2v) is 6.63. The molecular weight excluding hydrogens is 204 g/mol. The molecule has 0 N–H and O–H groups in total. The Kier molecular flexibility index (Phi) is 4.09. The molecule has 1 heterocycles. The highest BCUT2D eigenvalue weighted by atomic mass is 32.2. The van der Waals surface area contributed by atoms with Crippen molar-refractivity contribution < 1.29 is 4.74 Å². The van der Waals surface area contributed by atoms with Crippen molar-refractivity contribution in [2.45, 2.75) is 24.7 Å². The van der Waals surface area contributed by atoms with E-state index in [0.29, 0.717) is 0 Å². The van der Waals surface area contributed by atoms with Crippen molar-refractivity contribution in [2.24, 2.45) is 0 Å². The van der Waals surface area contributed by atoms with Crippen molar-refractivity contribution in [1.82, 2.24) is 0 Å². The van der Waals surface area contributed by atoms with Gasteiger partial charge in [-0.15, -0.1) is 0 Å². The van der Waals surface area contributed by atoms with E-state index < -0.39 is 0 Å². The first-order valence-corrected chi connectivity index (χ1v) is 7.47. The summed E-state index contributed by atoms with van der Waals surface area (Å²) in [7, 11) is 0.0971. The largest absolute Gasteiger partial charge is 0.381 e.